The molecule has 1 N–H and O–H groups in total. The molecule has 0 radical (unpaired) electrons. The first-order valence-electron chi connectivity index (χ1n) is 10.5. The van der Waals surface area contributed by atoms with Gasteiger partial charge in [-0.3, -0.25) is 10.2 Å². The molecule has 7 nitrogen and oxygen atoms in total. The summed E-state index contributed by atoms with van der Waals surface area (Å²) in [5.74, 6) is 0.261. The molecule has 0 aliphatic heterocycles. The summed E-state index contributed by atoms with van der Waals surface area (Å²) >= 11 is 0. The highest BCUT2D eigenvalue weighted by Crippen LogP contribution is 2.28. The van der Waals surface area contributed by atoms with Crippen LogP contribution in [0.1, 0.15) is 16.7 Å². The van der Waals surface area contributed by atoms with Crippen LogP contribution in [0.15, 0.2) is 65.8 Å². The van der Waals surface area contributed by atoms with Gasteiger partial charge in [-0.15, -0.1) is 13.2 Å². The maximum atomic E-state index is 12.4. The summed E-state index contributed by atoms with van der Waals surface area (Å²) in [7, 11) is 1.79. The minimum Gasteiger partial charge on any atom is -0.406 e. The third kappa shape index (κ3) is 5.60. The van der Waals surface area contributed by atoms with E-state index in [1.54, 1.807) is 23.7 Å². The molecule has 0 atom stereocenters. The van der Waals surface area contributed by atoms with E-state index in [1.165, 1.54) is 30.5 Å². The van der Waals surface area contributed by atoms with Gasteiger partial charge >= 0.3 is 12.5 Å². The number of aromatic nitrogens is 2. The second kappa shape index (κ2) is 9.49. The van der Waals surface area contributed by atoms with Crippen molar-refractivity contribution in [2.24, 2.45) is 12.2 Å². The van der Waals surface area contributed by atoms with Crippen LogP contribution in [0, 0.1) is 13.8 Å². The molecule has 180 valence electrons. The van der Waals surface area contributed by atoms with Gasteiger partial charge in [-0.25, -0.2) is 9.78 Å². The van der Waals surface area contributed by atoms with Crippen LogP contribution in [0.4, 0.5) is 23.7 Å². The number of anilines is 1. The highest BCUT2D eigenvalue weighted by molar-refractivity contribution is 5.90. The first-order valence-corrected chi connectivity index (χ1v) is 10.5. The van der Waals surface area contributed by atoms with E-state index in [0.717, 1.165) is 16.6 Å². The summed E-state index contributed by atoms with van der Waals surface area (Å²) in [5.41, 5.74) is 5.23. The number of nitrogens with zero attached hydrogens (tertiary/aromatic N) is 3. The lowest BCUT2D eigenvalue weighted by molar-refractivity contribution is -0.274. The number of oxime groups is 1. The summed E-state index contributed by atoms with van der Waals surface area (Å²) in [6.07, 6.45) is -4.05. The summed E-state index contributed by atoms with van der Waals surface area (Å²) in [5, 5.41) is 6.45. The Morgan fingerprint density at radius 2 is 1.74 bits per heavy atom. The van der Waals surface area contributed by atoms with Gasteiger partial charge in [0, 0.05) is 18.3 Å². The number of alkyl halides is 3. The van der Waals surface area contributed by atoms with Crippen molar-refractivity contribution >= 4 is 29.0 Å². The summed E-state index contributed by atoms with van der Waals surface area (Å²) in [6, 6.07) is 16.5. The molecule has 1 aromatic heterocycles. The topological polar surface area (TPSA) is 77.7 Å². The lowest BCUT2D eigenvalue weighted by Crippen LogP contribution is -2.16. The molecule has 4 aromatic rings. The van der Waals surface area contributed by atoms with Crippen LogP contribution in [-0.4, -0.2) is 28.2 Å². The summed E-state index contributed by atoms with van der Waals surface area (Å²) < 4.78 is 42.9. The van der Waals surface area contributed by atoms with E-state index in [-0.39, 0.29) is 5.75 Å². The lowest BCUT2D eigenvalue weighted by atomic mass is 10.1. The zero-order valence-electron chi connectivity index (χ0n) is 19.1. The number of ether oxygens (including phenoxy) is 1. The Hall–Kier alpha value is -4.34. The zero-order chi connectivity index (χ0) is 25.2. The molecule has 35 heavy (non-hydrogen) atoms. The summed E-state index contributed by atoms with van der Waals surface area (Å²) in [6.45, 7) is 3.77. The predicted octanol–water partition coefficient (Wildman–Crippen LogP) is 6.34. The molecule has 0 aliphatic rings. The Bertz CT molecular complexity index is 1390. The maximum Gasteiger partial charge on any atom is 0.573 e. The number of fused-ring (bicyclic) bond motifs is 1. The van der Waals surface area contributed by atoms with Crippen LogP contribution < -0.4 is 10.1 Å². The van der Waals surface area contributed by atoms with Gasteiger partial charge in [0.15, 0.2) is 0 Å². The number of hydrogen-bond acceptors (Lipinski definition) is 5. The molecule has 0 bridgehead atoms. The number of carbonyl (C=O) groups excluding carboxylic acids is 1. The van der Waals surface area contributed by atoms with Crippen LogP contribution in [-0.2, 0) is 11.9 Å². The van der Waals surface area contributed by atoms with Crippen molar-refractivity contribution in [2.45, 2.75) is 20.2 Å². The van der Waals surface area contributed by atoms with Crippen LogP contribution in [0.25, 0.3) is 22.4 Å². The van der Waals surface area contributed by atoms with E-state index in [1.807, 2.05) is 38.1 Å². The predicted molar refractivity (Wildman–Crippen MR) is 126 cm³/mol. The fraction of sp³-hybridized carbons (Fsp3) is 0.160. The zero-order valence-corrected chi connectivity index (χ0v) is 19.1. The van der Waals surface area contributed by atoms with Crippen LogP contribution in [0.5, 0.6) is 5.75 Å². The second-order valence-electron chi connectivity index (χ2n) is 7.82. The van der Waals surface area contributed by atoms with Crippen molar-refractivity contribution in [3.63, 3.8) is 0 Å². The molecule has 10 heteroatoms. The van der Waals surface area contributed by atoms with Crippen molar-refractivity contribution in [1.29, 1.82) is 0 Å². The number of rotatable bonds is 5. The van der Waals surface area contributed by atoms with Gasteiger partial charge < -0.3 is 9.30 Å². The molecule has 0 spiro atoms. The number of benzene rings is 3. The molecular weight excluding hydrogens is 461 g/mol. The van der Waals surface area contributed by atoms with Crippen LogP contribution in [0.2, 0.25) is 0 Å². The fourth-order valence-electron chi connectivity index (χ4n) is 3.62. The first-order chi connectivity index (χ1) is 16.6. The Morgan fingerprint density at radius 3 is 2.40 bits per heavy atom. The van der Waals surface area contributed by atoms with Gasteiger partial charge in [0.2, 0.25) is 0 Å². The van der Waals surface area contributed by atoms with Gasteiger partial charge in [-0.1, -0.05) is 29.4 Å². The third-order valence-electron chi connectivity index (χ3n) is 5.30. The Balaban J connectivity index is 1.48. The number of imidazole rings is 1. The van der Waals surface area contributed by atoms with Crippen molar-refractivity contribution < 1.29 is 27.5 Å². The Kier molecular flexibility index (Phi) is 6.46. The molecule has 1 heterocycles. The van der Waals surface area contributed by atoms with E-state index in [9.17, 15) is 18.0 Å². The van der Waals surface area contributed by atoms with Gasteiger partial charge in [-0.05, 0) is 66.9 Å². The Labute approximate surface area is 198 Å². The number of carbonyl (C=O) groups is 1. The third-order valence-corrected chi connectivity index (χ3v) is 5.30. The number of amides is 1. The molecule has 0 aliphatic carbocycles. The van der Waals surface area contributed by atoms with Gasteiger partial charge in [-0.2, -0.15) is 0 Å². The SMILES string of the molecule is Cc1cccc(C)c1NC(=O)O/N=C/c1ccc2nc(-c3ccc(OC(F)(F)F)cc3)n(C)c2c1. The van der Waals surface area contributed by atoms with E-state index in [2.05, 4.69) is 20.2 Å². The monoisotopic (exact) mass is 482 g/mol. The number of aryl methyl sites for hydroxylation is 3. The number of nitrogens with one attached hydrogen (secondary N) is 1. The van der Waals surface area contributed by atoms with Gasteiger partial charge in [0.1, 0.15) is 11.6 Å². The van der Waals surface area contributed by atoms with Crippen LogP contribution >= 0.6 is 0 Å². The molecule has 0 saturated heterocycles. The molecule has 1 amide bonds. The minimum absolute atomic E-state index is 0.305. The molecule has 0 fully saturated rings. The van der Waals surface area contributed by atoms with E-state index in [4.69, 9.17) is 4.84 Å². The second-order valence-corrected chi connectivity index (χ2v) is 7.82. The van der Waals surface area contributed by atoms with E-state index < -0.39 is 12.5 Å². The average molecular weight is 482 g/mol. The standard InChI is InChI=1S/C25H21F3N4O3/c1-15-5-4-6-16(2)22(15)31-24(33)35-29-14-17-7-12-20-21(13-17)32(3)23(30-20)18-8-10-19(11-9-18)34-25(26,27)28/h4-14H,1-3H3,(H,31,33)/b29-14+. The molecule has 4 rings (SSSR count). The highest BCUT2D eigenvalue weighted by Gasteiger charge is 2.31. The molecule has 0 saturated carbocycles. The largest absolute Gasteiger partial charge is 0.573 e. The van der Waals surface area contributed by atoms with Gasteiger partial charge in [0.05, 0.1) is 17.2 Å². The summed E-state index contributed by atoms with van der Waals surface area (Å²) in [4.78, 5) is 21.6. The van der Waals surface area contributed by atoms with Gasteiger partial charge in [0.25, 0.3) is 0 Å². The first kappa shape index (κ1) is 23.8. The van der Waals surface area contributed by atoms with E-state index >= 15 is 0 Å². The van der Waals surface area contributed by atoms with Crippen molar-refractivity contribution in [2.75, 3.05) is 5.32 Å². The normalized spacial score (nSPS) is 11.7. The van der Waals surface area contributed by atoms with E-state index in [0.29, 0.717) is 28.2 Å². The minimum atomic E-state index is -4.75. The molecule has 0 unspecified atom stereocenters. The average Bonchev–Trinajstić information content (AvgIpc) is 3.12. The van der Waals surface area contributed by atoms with Crippen molar-refractivity contribution in [3.05, 3.63) is 77.4 Å². The van der Waals surface area contributed by atoms with Crippen molar-refractivity contribution in [1.82, 2.24) is 9.55 Å². The maximum absolute atomic E-state index is 12.4. The molecular formula is C25H21F3N4O3. The highest BCUT2D eigenvalue weighted by atomic mass is 19.4. The number of para-hydroxylation sites is 1. The smallest absolute Gasteiger partial charge is 0.406 e. The number of halogens is 3. The fourth-order valence-corrected chi connectivity index (χ4v) is 3.62. The van der Waals surface area contributed by atoms with Crippen molar-refractivity contribution in [3.8, 4) is 17.1 Å². The lowest BCUT2D eigenvalue weighted by Gasteiger charge is -2.09. The van der Waals surface area contributed by atoms with Crippen LogP contribution in [0.3, 0.4) is 0 Å². The molecule has 3 aromatic carbocycles. The Morgan fingerprint density at radius 1 is 1.06 bits per heavy atom. The number of hydrogen-bond donors (Lipinski definition) is 1. The quantitative estimate of drug-likeness (QED) is 0.205.